The van der Waals surface area contributed by atoms with Gasteiger partial charge in [-0.2, -0.15) is 0 Å². The normalized spacial score (nSPS) is 25.6. The molecule has 6 atom stereocenters. The van der Waals surface area contributed by atoms with E-state index in [0.29, 0.717) is 18.6 Å². The Morgan fingerprint density at radius 1 is 1.29 bits per heavy atom. The summed E-state index contributed by atoms with van der Waals surface area (Å²) in [5.41, 5.74) is -3.35. The number of esters is 1. The molecule has 1 aliphatic heterocycles. The molecule has 0 aliphatic carbocycles. The van der Waals surface area contributed by atoms with Gasteiger partial charge in [0.15, 0.2) is 6.23 Å². The van der Waals surface area contributed by atoms with Crippen molar-refractivity contribution in [3.63, 3.8) is 0 Å². The van der Waals surface area contributed by atoms with Crippen molar-refractivity contribution in [2.75, 3.05) is 6.61 Å². The van der Waals surface area contributed by atoms with E-state index in [2.05, 4.69) is 10.1 Å². The van der Waals surface area contributed by atoms with Crippen molar-refractivity contribution in [2.45, 2.75) is 76.7 Å². The highest BCUT2D eigenvalue weighted by atomic mass is 32.5. The molecule has 1 unspecified atom stereocenters. The average molecular weight is 572 g/mol. The molecule has 2 aromatic rings. The number of carbonyl (C=O) groups excluding carboxylic acids is 1. The third-order valence-electron chi connectivity index (χ3n) is 5.76. The molecule has 0 bridgehead atoms. The summed E-state index contributed by atoms with van der Waals surface area (Å²) in [5, 5.41) is 24.8. The lowest BCUT2D eigenvalue weighted by atomic mass is 9.96. The number of aliphatic hydroxyl groups excluding tert-OH is 1. The molecule has 1 aromatic heterocycles. The smallest absolute Gasteiger partial charge is 0.330 e. The number of H-pyrrole nitrogens is 1. The van der Waals surface area contributed by atoms with Gasteiger partial charge in [0.25, 0.3) is 5.56 Å². The number of ether oxygens (including phenoxy) is 2. The summed E-state index contributed by atoms with van der Waals surface area (Å²) >= 11 is 5.75. The first-order valence-corrected chi connectivity index (χ1v) is 14.8. The summed E-state index contributed by atoms with van der Waals surface area (Å²) in [6.45, 7) is 2.88. The standard InChI is InChI=1S/C24H34N3O9PS/c1-5-9-17(21(30)34-15(2)3)26-37(38,36-16-10-7-6-8-11-16)33-14-18-20(29)24(4,32)22(35-18)27-13-12-19(28)25-23(27)31/h6-8,10-13,15,17-18,20,22,29,32H,5,9,14H2,1-4H3,(H,26,38)(H,25,28,31)/t17-,18+,20+,22+,24+,37?/m0/s1. The third-order valence-corrected chi connectivity index (χ3v) is 8.19. The Morgan fingerprint density at radius 3 is 2.58 bits per heavy atom. The Hall–Kier alpha value is -2.38. The van der Waals surface area contributed by atoms with Gasteiger partial charge < -0.3 is 28.7 Å². The number of rotatable bonds is 12. The molecule has 1 fully saturated rings. The summed E-state index contributed by atoms with van der Waals surface area (Å²) in [4.78, 5) is 38.6. The molecule has 38 heavy (non-hydrogen) atoms. The second kappa shape index (κ2) is 12.6. The largest absolute Gasteiger partial charge is 0.462 e. The van der Waals surface area contributed by atoms with E-state index in [4.69, 9.17) is 30.3 Å². The molecule has 1 saturated heterocycles. The number of aromatic amines is 1. The van der Waals surface area contributed by atoms with Gasteiger partial charge in [0, 0.05) is 12.3 Å². The lowest BCUT2D eigenvalue weighted by Crippen LogP contribution is -2.47. The number of hydrogen-bond acceptors (Lipinski definition) is 10. The Morgan fingerprint density at radius 2 is 1.97 bits per heavy atom. The van der Waals surface area contributed by atoms with Crippen molar-refractivity contribution in [1.82, 2.24) is 14.6 Å². The van der Waals surface area contributed by atoms with E-state index in [-0.39, 0.29) is 12.7 Å². The van der Waals surface area contributed by atoms with Gasteiger partial charge in [0.2, 0.25) is 0 Å². The van der Waals surface area contributed by atoms with Gasteiger partial charge in [-0.3, -0.25) is 19.1 Å². The maximum absolute atomic E-state index is 12.7. The third kappa shape index (κ3) is 7.38. The Labute approximate surface area is 225 Å². The molecule has 4 N–H and O–H groups in total. The Bertz CT molecular complexity index is 1250. The maximum atomic E-state index is 12.7. The molecule has 0 radical (unpaired) electrons. The van der Waals surface area contributed by atoms with Crippen LogP contribution in [0.5, 0.6) is 5.75 Å². The molecule has 2 heterocycles. The van der Waals surface area contributed by atoms with E-state index in [9.17, 15) is 24.6 Å². The monoisotopic (exact) mass is 571 g/mol. The van der Waals surface area contributed by atoms with Crippen LogP contribution in [0.15, 0.2) is 52.2 Å². The number of aromatic nitrogens is 2. The van der Waals surface area contributed by atoms with Gasteiger partial charge in [-0.05, 0) is 51.1 Å². The first-order valence-electron chi connectivity index (χ1n) is 12.2. The van der Waals surface area contributed by atoms with E-state index in [1.807, 2.05) is 6.92 Å². The first kappa shape index (κ1) is 30.2. The van der Waals surface area contributed by atoms with Gasteiger partial charge in [-0.1, -0.05) is 31.5 Å². The molecule has 0 saturated carbocycles. The molecular weight excluding hydrogens is 537 g/mol. The molecule has 12 nitrogen and oxygen atoms in total. The van der Waals surface area contributed by atoms with Crippen LogP contribution in [0.1, 0.15) is 46.8 Å². The summed E-state index contributed by atoms with van der Waals surface area (Å²) in [6.07, 6.45) is -2.08. The molecule has 0 spiro atoms. The van der Waals surface area contributed by atoms with Crippen LogP contribution in [0.2, 0.25) is 0 Å². The summed E-state index contributed by atoms with van der Waals surface area (Å²) in [6, 6.07) is 8.93. The van der Waals surface area contributed by atoms with E-state index in [1.165, 1.54) is 6.92 Å². The molecular formula is C24H34N3O9PS. The lowest BCUT2D eigenvalue weighted by molar-refractivity contribution is -0.149. The van der Waals surface area contributed by atoms with Gasteiger partial charge in [0.05, 0.1) is 12.7 Å². The number of carbonyl (C=O) groups is 1. The fourth-order valence-electron chi connectivity index (χ4n) is 3.90. The minimum atomic E-state index is -3.46. The lowest BCUT2D eigenvalue weighted by Gasteiger charge is -2.29. The van der Waals surface area contributed by atoms with E-state index >= 15 is 0 Å². The fraction of sp³-hybridized carbons (Fsp3) is 0.542. The van der Waals surface area contributed by atoms with Crippen LogP contribution in [-0.4, -0.2) is 62.3 Å². The Kier molecular flexibility index (Phi) is 10.0. The van der Waals surface area contributed by atoms with Gasteiger partial charge in [-0.15, -0.1) is 0 Å². The fourth-order valence-corrected chi connectivity index (χ4v) is 6.26. The number of nitrogens with one attached hydrogen (secondary N) is 2. The minimum absolute atomic E-state index is 0.338. The van der Waals surface area contributed by atoms with Gasteiger partial charge >= 0.3 is 18.3 Å². The zero-order valence-electron chi connectivity index (χ0n) is 21.6. The molecule has 3 rings (SSSR count). The van der Waals surface area contributed by atoms with Crippen LogP contribution in [0.3, 0.4) is 0 Å². The Balaban J connectivity index is 1.84. The second-order valence-corrected chi connectivity index (χ2v) is 12.5. The van der Waals surface area contributed by atoms with Crippen LogP contribution < -0.4 is 20.9 Å². The van der Waals surface area contributed by atoms with Crippen LogP contribution in [0.4, 0.5) is 0 Å². The molecule has 14 heteroatoms. The van der Waals surface area contributed by atoms with E-state index < -0.39 is 53.9 Å². The zero-order chi connectivity index (χ0) is 28.1. The van der Waals surface area contributed by atoms with Crippen molar-refractivity contribution in [3.05, 3.63) is 63.4 Å². The first-order chi connectivity index (χ1) is 17.9. The van der Waals surface area contributed by atoms with Gasteiger partial charge in [-0.25, -0.2) is 9.88 Å². The number of para-hydroxylation sites is 1. The van der Waals surface area contributed by atoms with Crippen molar-refractivity contribution in [3.8, 4) is 5.75 Å². The molecule has 1 aliphatic rings. The number of hydrogen-bond donors (Lipinski definition) is 4. The topological polar surface area (TPSA) is 161 Å². The van der Waals surface area contributed by atoms with Crippen LogP contribution in [0.25, 0.3) is 0 Å². The highest BCUT2D eigenvalue weighted by Crippen LogP contribution is 2.47. The minimum Gasteiger partial charge on any atom is -0.462 e. The van der Waals surface area contributed by atoms with Crippen molar-refractivity contribution in [1.29, 1.82) is 0 Å². The quantitative estimate of drug-likeness (QED) is 0.216. The van der Waals surface area contributed by atoms with Crippen molar-refractivity contribution >= 4 is 24.4 Å². The highest BCUT2D eigenvalue weighted by molar-refractivity contribution is 8.09. The van der Waals surface area contributed by atoms with E-state index in [0.717, 1.165) is 16.8 Å². The SMILES string of the molecule is CCC[C@H](NP(=S)(OC[C@H]1O[C@@H](n2ccc(=O)[nH]c2=O)[C@](C)(O)[C@@H]1O)Oc1ccccc1)C(=O)OC(C)C. The summed E-state index contributed by atoms with van der Waals surface area (Å²) < 4.78 is 24.2. The van der Waals surface area contributed by atoms with E-state index in [1.54, 1.807) is 44.2 Å². The molecule has 210 valence electrons. The number of benzene rings is 1. The number of aliphatic hydroxyl groups is 2. The van der Waals surface area contributed by atoms with Gasteiger partial charge in [0.1, 0.15) is 29.6 Å². The predicted octanol–water partition coefficient (Wildman–Crippen LogP) is 1.58. The summed E-state index contributed by atoms with van der Waals surface area (Å²) in [7, 11) is 0. The van der Waals surface area contributed by atoms with Crippen LogP contribution in [0, 0.1) is 0 Å². The maximum Gasteiger partial charge on any atom is 0.330 e. The van der Waals surface area contributed by atoms with Crippen LogP contribution >= 0.6 is 6.64 Å². The highest BCUT2D eigenvalue weighted by Gasteiger charge is 2.54. The predicted molar refractivity (Wildman–Crippen MR) is 142 cm³/mol. The molecule has 0 amide bonds. The summed E-state index contributed by atoms with van der Waals surface area (Å²) in [5.74, 6) is -0.109. The number of nitrogens with zero attached hydrogens (tertiary/aromatic N) is 1. The van der Waals surface area contributed by atoms with Crippen LogP contribution in [-0.2, 0) is 30.6 Å². The second-order valence-electron chi connectivity index (χ2n) is 9.37. The zero-order valence-corrected chi connectivity index (χ0v) is 23.3. The van der Waals surface area contributed by atoms with Crippen molar-refractivity contribution < 1.29 is 33.5 Å². The average Bonchev–Trinajstić information content (AvgIpc) is 3.06. The van der Waals surface area contributed by atoms with Crippen molar-refractivity contribution in [2.24, 2.45) is 0 Å². The molecule has 1 aromatic carbocycles.